The van der Waals surface area contributed by atoms with Crippen LogP contribution in [0.25, 0.3) is 6.08 Å². The Kier molecular flexibility index (Phi) is 5.75. The molecule has 2 aromatic heterocycles. The van der Waals surface area contributed by atoms with E-state index in [1.165, 1.54) is 23.5 Å². The Morgan fingerprint density at radius 1 is 1.30 bits per heavy atom. The van der Waals surface area contributed by atoms with Crippen LogP contribution in [0.15, 0.2) is 22.6 Å². The molecule has 3 N–H and O–H groups in total. The van der Waals surface area contributed by atoms with Gasteiger partial charge in [-0.15, -0.1) is 11.3 Å². The van der Waals surface area contributed by atoms with Crippen LogP contribution in [-0.2, 0) is 27.2 Å². The summed E-state index contributed by atoms with van der Waals surface area (Å²) in [7, 11) is 0. The minimum atomic E-state index is -0.667. The average molecular weight is 388 g/mol. The third-order valence-electron chi connectivity index (χ3n) is 4.16. The summed E-state index contributed by atoms with van der Waals surface area (Å²) in [5.74, 6) is -0.500. The number of aryl methyl sites for hydroxylation is 2. The van der Waals surface area contributed by atoms with Crippen LogP contribution in [0.2, 0.25) is 0 Å². The van der Waals surface area contributed by atoms with E-state index in [4.69, 9.17) is 14.9 Å². The number of fused-ring (bicyclic) bond motifs is 1. The number of esters is 1. The van der Waals surface area contributed by atoms with Gasteiger partial charge in [0.15, 0.2) is 6.61 Å². The summed E-state index contributed by atoms with van der Waals surface area (Å²) in [4.78, 5) is 36.7. The van der Waals surface area contributed by atoms with Crippen LogP contribution in [0.1, 0.15) is 45.2 Å². The molecule has 0 atom stereocenters. The predicted molar refractivity (Wildman–Crippen MR) is 102 cm³/mol. The van der Waals surface area contributed by atoms with E-state index in [0.717, 1.165) is 41.9 Å². The Morgan fingerprint density at radius 2 is 2.07 bits per heavy atom. The SMILES string of the molecule is Cc1ccc(/C=C/C(=O)OCC(=O)Nc2sc3c(c2C(N)=O)CCCC3)o1. The second kappa shape index (κ2) is 8.22. The molecule has 0 aliphatic heterocycles. The van der Waals surface area contributed by atoms with Crippen molar-refractivity contribution in [2.24, 2.45) is 5.73 Å². The number of furan rings is 1. The number of hydrogen-bond acceptors (Lipinski definition) is 6. The highest BCUT2D eigenvalue weighted by Gasteiger charge is 2.25. The number of amides is 2. The average Bonchev–Trinajstić information content (AvgIpc) is 3.20. The summed E-state index contributed by atoms with van der Waals surface area (Å²) < 4.78 is 10.2. The van der Waals surface area contributed by atoms with E-state index in [2.05, 4.69) is 5.32 Å². The van der Waals surface area contributed by atoms with Gasteiger partial charge >= 0.3 is 5.97 Å². The summed E-state index contributed by atoms with van der Waals surface area (Å²) in [5.41, 5.74) is 6.80. The first-order valence-electron chi connectivity index (χ1n) is 8.59. The van der Waals surface area contributed by atoms with Crippen LogP contribution >= 0.6 is 11.3 Å². The lowest BCUT2D eigenvalue weighted by Gasteiger charge is -2.11. The molecule has 0 bridgehead atoms. The van der Waals surface area contributed by atoms with Gasteiger partial charge in [0.05, 0.1) is 5.56 Å². The van der Waals surface area contributed by atoms with Gasteiger partial charge in [-0.3, -0.25) is 9.59 Å². The summed E-state index contributed by atoms with van der Waals surface area (Å²) >= 11 is 1.36. The molecular weight excluding hydrogens is 368 g/mol. The predicted octanol–water partition coefficient (Wildman–Crippen LogP) is 2.82. The van der Waals surface area contributed by atoms with Gasteiger partial charge in [0.2, 0.25) is 0 Å². The fraction of sp³-hybridized carbons (Fsp3) is 0.316. The molecule has 2 amide bonds. The fourth-order valence-electron chi connectivity index (χ4n) is 2.96. The van der Waals surface area contributed by atoms with Crippen LogP contribution in [0, 0.1) is 6.92 Å². The molecule has 3 rings (SSSR count). The van der Waals surface area contributed by atoms with Crippen molar-refractivity contribution in [3.05, 3.63) is 45.7 Å². The number of hydrogen-bond donors (Lipinski definition) is 2. The van der Waals surface area contributed by atoms with Gasteiger partial charge in [-0.25, -0.2) is 4.79 Å². The maximum atomic E-state index is 12.1. The Morgan fingerprint density at radius 3 is 2.78 bits per heavy atom. The maximum Gasteiger partial charge on any atom is 0.331 e. The molecule has 8 heteroatoms. The summed E-state index contributed by atoms with van der Waals surface area (Å²) in [6.07, 6.45) is 6.36. The van der Waals surface area contributed by atoms with Crippen LogP contribution in [-0.4, -0.2) is 24.4 Å². The zero-order valence-electron chi connectivity index (χ0n) is 14.9. The number of thiophene rings is 1. The minimum Gasteiger partial charge on any atom is -0.462 e. The molecule has 2 aromatic rings. The Hall–Kier alpha value is -2.87. The third-order valence-corrected chi connectivity index (χ3v) is 5.37. The van der Waals surface area contributed by atoms with E-state index < -0.39 is 24.4 Å². The molecule has 2 heterocycles. The highest BCUT2D eigenvalue weighted by molar-refractivity contribution is 7.17. The maximum absolute atomic E-state index is 12.1. The Balaban J connectivity index is 1.58. The number of anilines is 1. The highest BCUT2D eigenvalue weighted by Crippen LogP contribution is 2.37. The van der Waals surface area contributed by atoms with Crippen LogP contribution in [0.5, 0.6) is 0 Å². The number of nitrogens with one attached hydrogen (secondary N) is 1. The number of carbonyl (C=O) groups excluding carboxylic acids is 3. The molecule has 0 fully saturated rings. The van der Waals surface area contributed by atoms with Gasteiger partial charge < -0.3 is 20.2 Å². The van der Waals surface area contributed by atoms with E-state index >= 15 is 0 Å². The molecule has 142 valence electrons. The minimum absolute atomic E-state index is 0.377. The third kappa shape index (κ3) is 4.65. The zero-order chi connectivity index (χ0) is 19.4. The Bertz CT molecular complexity index is 909. The number of rotatable bonds is 6. The van der Waals surface area contributed by atoms with Crippen molar-refractivity contribution in [1.29, 1.82) is 0 Å². The first-order valence-corrected chi connectivity index (χ1v) is 9.41. The fourth-order valence-corrected chi connectivity index (χ4v) is 4.27. The number of carbonyl (C=O) groups is 3. The molecule has 0 unspecified atom stereocenters. The van der Waals surface area contributed by atoms with Gasteiger partial charge in [-0.1, -0.05) is 0 Å². The molecule has 1 aliphatic carbocycles. The lowest BCUT2D eigenvalue weighted by atomic mass is 9.95. The second-order valence-corrected chi connectivity index (χ2v) is 7.32. The van der Waals surface area contributed by atoms with Crippen molar-refractivity contribution in [3.8, 4) is 0 Å². The standard InChI is InChI=1S/C19H20N2O5S/c1-11-6-7-12(26-11)8-9-16(23)25-10-15(22)21-19-17(18(20)24)13-4-2-3-5-14(13)27-19/h6-9H,2-5,10H2,1H3,(H2,20,24)(H,21,22)/b9-8+. The number of primary amides is 1. The summed E-state index contributed by atoms with van der Waals surface area (Å²) in [5, 5.41) is 3.07. The van der Waals surface area contributed by atoms with E-state index in [1.54, 1.807) is 19.1 Å². The molecule has 0 saturated heterocycles. The second-order valence-electron chi connectivity index (χ2n) is 6.22. The first-order chi connectivity index (χ1) is 12.9. The van der Waals surface area contributed by atoms with E-state index in [9.17, 15) is 14.4 Å². The number of nitrogens with two attached hydrogens (primary N) is 1. The summed E-state index contributed by atoms with van der Waals surface area (Å²) in [6, 6.07) is 3.49. The summed E-state index contributed by atoms with van der Waals surface area (Å²) in [6.45, 7) is 1.34. The largest absolute Gasteiger partial charge is 0.462 e. The first kappa shape index (κ1) is 18.9. The van der Waals surface area contributed by atoms with Crippen LogP contribution in [0.3, 0.4) is 0 Å². The van der Waals surface area contributed by atoms with Crippen LogP contribution < -0.4 is 11.1 Å². The molecule has 1 aliphatic rings. The van der Waals surface area contributed by atoms with Crippen molar-refractivity contribution in [3.63, 3.8) is 0 Å². The Labute approximate surface area is 160 Å². The van der Waals surface area contributed by atoms with Crippen molar-refractivity contribution < 1.29 is 23.5 Å². The molecule has 0 spiro atoms. The van der Waals surface area contributed by atoms with E-state index in [0.29, 0.717) is 16.3 Å². The smallest absolute Gasteiger partial charge is 0.331 e. The molecule has 0 aromatic carbocycles. The van der Waals surface area contributed by atoms with E-state index in [-0.39, 0.29) is 0 Å². The van der Waals surface area contributed by atoms with Crippen molar-refractivity contribution in [2.75, 3.05) is 11.9 Å². The highest BCUT2D eigenvalue weighted by atomic mass is 32.1. The van der Waals surface area contributed by atoms with Crippen molar-refractivity contribution in [1.82, 2.24) is 0 Å². The van der Waals surface area contributed by atoms with Gasteiger partial charge in [-0.05, 0) is 56.4 Å². The van der Waals surface area contributed by atoms with Crippen molar-refractivity contribution in [2.45, 2.75) is 32.6 Å². The molecule has 0 radical (unpaired) electrons. The zero-order valence-corrected chi connectivity index (χ0v) is 15.7. The molecular formula is C19H20N2O5S. The van der Waals surface area contributed by atoms with Gasteiger partial charge in [0, 0.05) is 11.0 Å². The van der Waals surface area contributed by atoms with Crippen molar-refractivity contribution >= 4 is 40.2 Å². The molecule has 7 nitrogen and oxygen atoms in total. The lowest BCUT2D eigenvalue weighted by Crippen LogP contribution is -2.22. The lowest BCUT2D eigenvalue weighted by molar-refractivity contribution is -0.142. The molecule has 27 heavy (non-hydrogen) atoms. The van der Waals surface area contributed by atoms with Gasteiger partial charge in [-0.2, -0.15) is 0 Å². The monoisotopic (exact) mass is 388 g/mol. The number of ether oxygens (including phenoxy) is 1. The quantitative estimate of drug-likeness (QED) is 0.584. The van der Waals surface area contributed by atoms with Gasteiger partial charge in [0.25, 0.3) is 11.8 Å². The normalized spacial score (nSPS) is 13.4. The topological polar surface area (TPSA) is 112 Å². The van der Waals surface area contributed by atoms with Crippen LogP contribution in [0.4, 0.5) is 5.00 Å². The molecule has 0 saturated carbocycles. The van der Waals surface area contributed by atoms with Gasteiger partial charge in [0.1, 0.15) is 16.5 Å². The van der Waals surface area contributed by atoms with E-state index in [1.807, 2.05) is 0 Å².